The van der Waals surface area contributed by atoms with Gasteiger partial charge in [0.2, 0.25) is 0 Å². The van der Waals surface area contributed by atoms with E-state index in [0.717, 1.165) is 13.0 Å². The van der Waals surface area contributed by atoms with Crippen LogP contribution in [-0.4, -0.2) is 10.9 Å². The van der Waals surface area contributed by atoms with Crippen molar-refractivity contribution in [3.8, 4) is 0 Å². The maximum absolute atomic E-state index is 4.56. The summed E-state index contributed by atoms with van der Waals surface area (Å²) in [6, 6.07) is 0. The Morgan fingerprint density at radius 3 is 2.38 bits per heavy atom. The Bertz CT molecular complexity index is 67.1. The molecule has 0 aromatic heterocycles. The van der Waals surface area contributed by atoms with E-state index < -0.39 is 0 Å². The quantitative estimate of drug-likeness (QED) is 0.267. The van der Waals surface area contributed by atoms with Gasteiger partial charge >= 0.3 is 18.9 Å². The van der Waals surface area contributed by atoms with E-state index in [0.29, 0.717) is 4.32 Å². The molecule has 0 aliphatic carbocycles. The van der Waals surface area contributed by atoms with Gasteiger partial charge in [0.05, 0.1) is 0 Å². The Morgan fingerprint density at radius 2 is 2.25 bits per heavy atom. The van der Waals surface area contributed by atoms with Crippen LogP contribution in [0.2, 0.25) is 0 Å². The first kappa shape index (κ1) is 11.5. The average molecular weight is 141 g/mol. The van der Waals surface area contributed by atoms with E-state index in [1.165, 1.54) is 0 Å². The van der Waals surface area contributed by atoms with Crippen molar-refractivity contribution in [3.63, 3.8) is 0 Å². The van der Waals surface area contributed by atoms with E-state index in [4.69, 9.17) is 0 Å². The third-order valence-corrected chi connectivity index (χ3v) is 0.808. The van der Waals surface area contributed by atoms with Crippen LogP contribution in [0.1, 0.15) is 13.3 Å². The molecule has 0 atom stereocenters. The van der Waals surface area contributed by atoms with Crippen molar-refractivity contribution in [3.05, 3.63) is 0 Å². The van der Waals surface area contributed by atoms with E-state index in [2.05, 4.69) is 37.1 Å². The van der Waals surface area contributed by atoms with Gasteiger partial charge in [-0.15, -0.1) is 0 Å². The molecule has 0 saturated heterocycles. The molecule has 0 unspecified atom stereocenters. The van der Waals surface area contributed by atoms with Gasteiger partial charge in [-0.25, -0.2) is 0 Å². The largest absolute Gasteiger partial charge is 1.00 e. The van der Waals surface area contributed by atoms with Crippen molar-refractivity contribution in [1.82, 2.24) is 5.32 Å². The van der Waals surface area contributed by atoms with Gasteiger partial charge in [-0.2, -0.15) is 0 Å². The summed E-state index contributed by atoms with van der Waals surface area (Å²) in [6.45, 7) is 2.98. The summed E-state index contributed by atoms with van der Waals surface area (Å²) in [6.07, 6.45) is 1.08. The first-order valence-electron chi connectivity index (χ1n) is 2.22. The Morgan fingerprint density at radius 1 is 1.75 bits per heavy atom. The number of hydrogen-bond donors (Lipinski definition) is 1. The Hall–Kier alpha value is 0.707. The molecule has 0 fully saturated rings. The minimum atomic E-state index is 0. The molecule has 0 aliphatic heterocycles. The van der Waals surface area contributed by atoms with Gasteiger partial charge in [0.1, 0.15) is 0 Å². The van der Waals surface area contributed by atoms with Crippen molar-refractivity contribution in [2.75, 3.05) is 6.54 Å². The van der Waals surface area contributed by atoms with Crippen molar-refractivity contribution in [1.29, 1.82) is 0 Å². The molecule has 0 aromatic carbocycles. The molecule has 8 heavy (non-hydrogen) atoms. The van der Waals surface area contributed by atoms with Crippen LogP contribution in [0, 0.1) is 0 Å². The van der Waals surface area contributed by atoms with Gasteiger partial charge in [-0.1, -0.05) is 11.2 Å². The van der Waals surface area contributed by atoms with Crippen LogP contribution in [0.5, 0.6) is 0 Å². The summed E-state index contributed by atoms with van der Waals surface area (Å²) in [5, 5.41) is 2.84. The van der Waals surface area contributed by atoms with Crippen molar-refractivity contribution < 1.29 is 18.9 Å². The van der Waals surface area contributed by atoms with Gasteiger partial charge in [-0.05, 0) is 6.42 Å². The zero-order valence-electron chi connectivity index (χ0n) is 5.23. The second-order valence-corrected chi connectivity index (χ2v) is 2.29. The van der Waals surface area contributed by atoms with Crippen LogP contribution in [0.3, 0.4) is 0 Å². The molecule has 1 N–H and O–H groups in total. The fourth-order valence-corrected chi connectivity index (χ4v) is 0.431. The number of thiocarbonyl (C=S) groups is 1. The smallest absolute Gasteiger partial charge is 0.412 e. The van der Waals surface area contributed by atoms with Crippen molar-refractivity contribution in [2.24, 2.45) is 0 Å². The fraction of sp³-hybridized carbons (Fsp3) is 0.750. The molecule has 42 valence electrons. The van der Waals surface area contributed by atoms with E-state index in [1.807, 2.05) is 0 Å². The Kier molecular flexibility index (Phi) is 11.1. The van der Waals surface area contributed by atoms with E-state index in [9.17, 15) is 0 Å². The second-order valence-electron chi connectivity index (χ2n) is 1.21. The Labute approximate surface area is 73.2 Å². The Balaban J connectivity index is 0. The molecule has 0 heterocycles. The van der Waals surface area contributed by atoms with Crippen LogP contribution in [-0.2, 0) is 12.6 Å². The third kappa shape index (κ3) is 9.86. The molecule has 0 amide bonds. The predicted octanol–water partition coefficient (Wildman–Crippen LogP) is -2.18. The normalized spacial score (nSPS) is 7.12. The molecule has 0 aromatic rings. The van der Waals surface area contributed by atoms with Crippen molar-refractivity contribution >= 4 is 29.2 Å². The molecule has 0 saturated carbocycles. The van der Waals surface area contributed by atoms with Crippen LogP contribution in [0.4, 0.5) is 0 Å². The van der Waals surface area contributed by atoms with Gasteiger partial charge in [0.15, 0.2) is 0 Å². The molecule has 0 aliphatic rings. The summed E-state index contributed by atoms with van der Waals surface area (Å²) < 4.78 is 0.474. The number of rotatable bonds is 2. The average Bonchev–Trinajstić information content (AvgIpc) is 1.61. The van der Waals surface area contributed by atoms with E-state index in [1.54, 1.807) is 0 Å². The van der Waals surface area contributed by atoms with Gasteiger partial charge in [0, 0.05) is 6.54 Å². The van der Waals surface area contributed by atoms with E-state index in [-0.39, 0.29) is 18.9 Å². The first-order valence-corrected chi connectivity index (χ1v) is 3.04. The van der Waals surface area contributed by atoms with Gasteiger partial charge in [0.25, 0.3) is 0 Å². The summed E-state index contributed by atoms with van der Waals surface area (Å²) in [7, 11) is 0. The predicted molar refractivity (Wildman–Crippen MR) is 38.3 cm³/mol. The molecule has 1 nitrogen and oxygen atoms in total. The third-order valence-electron chi connectivity index (χ3n) is 0.519. The standard InChI is InChI=1S/C4H9NS2.Li/c1-2-3-5-4(6)7;/h2-3H2,1H3,(H2,5,6,7);/q;+1/p-1. The molecule has 4 heteroatoms. The molecular weight excluding hydrogens is 133 g/mol. The topological polar surface area (TPSA) is 12.0 Å². The summed E-state index contributed by atoms with van der Waals surface area (Å²) >= 11 is 9.13. The second kappa shape index (κ2) is 7.71. The molecule has 0 bridgehead atoms. The molecular formula is C4H8LiNS2. The number of nitrogens with one attached hydrogen (secondary N) is 1. The fourth-order valence-electron chi connectivity index (χ4n) is 0.227. The van der Waals surface area contributed by atoms with E-state index >= 15 is 0 Å². The zero-order valence-corrected chi connectivity index (χ0v) is 6.86. The maximum Gasteiger partial charge on any atom is 1.00 e. The van der Waals surface area contributed by atoms with Crippen LogP contribution >= 0.6 is 12.2 Å². The first-order chi connectivity index (χ1) is 3.27. The van der Waals surface area contributed by atoms with Crippen LogP contribution < -0.4 is 24.2 Å². The monoisotopic (exact) mass is 141 g/mol. The minimum absolute atomic E-state index is 0. The van der Waals surface area contributed by atoms with Crippen LogP contribution in [0.25, 0.3) is 0 Å². The SMILES string of the molecule is CCCNC(=S)[S-].[Li+]. The minimum Gasteiger partial charge on any atom is -0.412 e. The zero-order chi connectivity index (χ0) is 5.70. The summed E-state index contributed by atoms with van der Waals surface area (Å²) in [5.74, 6) is 0. The van der Waals surface area contributed by atoms with Gasteiger partial charge in [-0.3, -0.25) is 0 Å². The molecule has 0 rings (SSSR count). The van der Waals surface area contributed by atoms with Gasteiger partial charge < -0.3 is 30.2 Å². The van der Waals surface area contributed by atoms with Crippen LogP contribution in [0.15, 0.2) is 0 Å². The summed E-state index contributed by atoms with van der Waals surface area (Å²) in [4.78, 5) is 0. The van der Waals surface area contributed by atoms with Crippen molar-refractivity contribution in [2.45, 2.75) is 13.3 Å². The molecule has 0 spiro atoms. The molecule has 0 radical (unpaired) electrons. The maximum atomic E-state index is 4.56. The summed E-state index contributed by atoms with van der Waals surface area (Å²) in [5.41, 5.74) is 0. The number of hydrogen-bond acceptors (Lipinski definition) is 2.